The van der Waals surface area contributed by atoms with Gasteiger partial charge in [-0.3, -0.25) is 4.79 Å². The Morgan fingerprint density at radius 3 is 2.59 bits per heavy atom. The number of para-hydroxylation sites is 2. The zero-order chi connectivity index (χ0) is 19.4. The van der Waals surface area contributed by atoms with Crippen molar-refractivity contribution in [2.24, 2.45) is 0 Å². The molecule has 1 amide bonds. The smallest absolute Gasteiger partial charge is 0.217 e. The summed E-state index contributed by atoms with van der Waals surface area (Å²) >= 11 is 0. The second-order valence-electron chi connectivity index (χ2n) is 7.06. The second-order valence-corrected chi connectivity index (χ2v) is 7.06. The van der Waals surface area contributed by atoms with Gasteiger partial charge < -0.3 is 14.6 Å². The highest BCUT2D eigenvalue weighted by molar-refractivity contribution is 5.77. The van der Waals surface area contributed by atoms with E-state index in [2.05, 4.69) is 48.0 Å². The van der Waals surface area contributed by atoms with Crippen LogP contribution in [-0.2, 0) is 11.3 Å². The molecular weight excluding hydrogens is 338 g/mol. The summed E-state index contributed by atoms with van der Waals surface area (Å²) < 4.78 is 8.12. The third kappa shape index (κ3) is 4.67. The molecule has 0 radical (unpaired) electrons. The third-order valence-corrected chi connectivity index (χ3v) is 4.48. The number of aromatic nitrogens is 2. The number of imidazole rings is 1. The zero-order valence-corrected chi connectivity index (χ0v) is 16.5. The number of nitrogens with one attached hydrogen (secondary N) is 1. The average molecular weight is 365 g/mol. The number of carbonyl (C=O) groups is 1. The Bertz CT molecular complexity index is 926. The molecule has 5 nitrogen and oxygen atoms in total. The van der Waals surface area contributed by atoms with Gasteiger partial charge >= 0.3 is 0 Å². The standard InChI is InChI=1S/C22H27N3O2/c1-15-12-16(2)14-19(13-15)27-11-7-10-25-21-9-6-5-8-20(21)24-22(25)17(3)23-18(4)26/h5-6,8-9,12-14,17H,7,10-11H2,1-4H3,(H,23,26). The summed E-state index contributed by atoms with van der Waals surface area (Å²) in [5.41, 5.74) is 4.44. The van der Waals surface area contributed by atoms with Gasteiger partial charge in [0.05, 0.1) is 23.7 Å². The van der Waals surface area contributed by atoms with Crippen LogP contribution < -0.4 is 10.1 Å². The van der Waals surface area contributed by atoms with E-state index in [-0.39, 0.29) is 11.9 Å². The van der Waals surface area contributed by atoms with Crippen LogP contribution >= 0.6 is 0 Å². The van der Waals surface area contributed by atoms with Crippen molar-refractivity contribution < 1.29 is 9.53 Å². The number of aryl methyl sites for hydroxylation is 3. The quantitative estimate of drug-likeness (QED) is 0.635. The molecule has 1 heterocycles. The Morgan fingerprint density at radius 2 is 1.89 bits per heavy atom. The topological polar surface area (TPSA) is 56.2 Å². The summed E-state index contributed by atoms with van der Waals surface area (Å²) in [5, 5.41) is 2.94. The Morgan fingerprint density at radius 1 is 1.19 bits per heavy atom. The van der Waals surface area contributed by atoms with Gasteiger partial charge in [-0.2, -0.15) is 0 Å². The molecule has 0 saturated carbocycles. The van der Waals surface area contributed by atoms with Gasteiger partial charge in [0.15, 0.2) is 0 Å². The van der Waals surface area contributed by atoms with E-state index in [9.17, 15) is 4.79 Å². The lowest BCUT2D eigenvalue weighted by Crippen LogP contribution is -2.26. The lowest BCUT2D eigenvalue weighted by Gasteiger charge is -2.16. The van der Waals surface area contributed by atoms with E-state index >= 15 is 0 Å². The van der Waals surface area contributed by atoms with Crippen molar-refractivity contribution in [3.63, 3.8) is 0 Å². The third-order valence-electron chi connectivity index (χ3n) is 4.48. The van der Waals surface area contributed by atoms with Crippen molar-refractivity contribution >= 4 is 16.9 Å². The fraction of sp³-hybridized carbons (Fsp3) is 0.364. The van der Waals surface area contributed by atoms with E-state index in [0.717, 1.165) is 35.6 Å². The van der Waals surface area contributed by atoms with Gasteiger partial charge in [0.2, 0.25) is 5.91 Å². The molecule has 1 aromatic heterocycles. The molecule has 142 valence electrons. The lowest BCUT2D eigenvalue weighted by molar-refractivity contribution is -0.119. The Balaban J connectivity index is 1.72. The number of ether oxygens (including phenoxy) is 1. The van der Waals surface area contributed by atoms with Gasteiger partial charge in [-0.25, -0.2) is 4.98 Å². The summed E-state index contributed by atoms with van der Waals surface area (Å²) in [7, 11) is 0. The fourth-order valence-corrected chi connectivity index (χ4v) is 3.46. The second kappa shape index (κ2) is 8.25. The van der Waals surface area contributed by atoms with Crippen LogP contribution in [0, 0.1) is 13.8 Å². The first-order chi connectivity index (χ1) is 12.9. The normalized spacial score (nSPS) is 12.1. The average Bonchev–Trinajstić information content (AvgIpc) is 2.96. The van der Waals surface area contributed by atoms with E-state index in [4.69, 9.17) is 9.72 Å². The molecule has 0 spiro atoms. The van der Waals surface area contributed by atoms with Crippen LogP contribution in [0.1, 0.15) is 43.3 Å². The molecule has 0 fully saturated rings. The molecule has 5 heteroatoms. The molecule has 27 heavy (non-hydrogen) atoms. The highest BCUT2D eigenvalue weighted by atomic mass is 16.5. The number of rotatable bonds is 7. The van der Waals surface area contributed by atoms with E-state index < -0.39 is 0 Å². The monoisotopic (exact) mass is 365 g/mol. The Labute approximate surface area is 160 Å². The first-order valence-electron chi connectivity index (χ1n) is 9.37. The summed E-state index contributed by atoms with van der Waals surface area (Å²) in [6.07, 6.45) is 0.854. The number of nitrogens with zero attached hydrogens (tertiary/aromatic N) is 2. The van der Waals surface area contributed by atoms with Gasteiger partial charge in [0, 0.05) is 13.5 Å². The molecule has 0 bridgehead atoms. The van der Waals surface area contributed by atoms with E-state index in [1.165, 1.54) is 18.1 Å². The molecule has 0 aliphatic heterocycles. The molecule has 1 N–H and O–H groups in total. The van der Waals surface area contributed by atoms with Crippen LogP contribution in [-0.4, -0.2) is 22.1 Å². The summed E-state index contributed by atoms with van der Waals surface area (Å²) in [6, 6.07) is 14.2. The SMILES string of the molecule is CC(=O)NC(C)c1nc2ccccc2n1CCCOc1cc(C)cc(C)c1. The maximum absolute atomic E-state index is 11.5. The lowest BCUT2D eigenvalue weighted by atomic mass is 10.1. The van der Waals surface area contributed by atoms with Crippen LogP contribution in [0.3, 0.4) is 0 Å². The molecule has 0 saturated heterocycles. The van der Waals surface area contributed by atoms with Crippen molar-refractivity contribution in [2.75, 3.05) is 6.61 Å². The number of benzene rings is 2. The van der Waals surface area contributed by atoms with Crippen molar-refractivity contribution in [1.29, 1.82) is 0 Å². The van der Waals surface area contributed by atoms with Crippen LogP contribution in [0.4, 0.5) is 0 Å². The number of hydrogen-bond acceptors (Lipinski definition) is 3. The first kappa shape index (κ1) is 19.0. The Kier molecular flexibility index (Phi) is 5.79. The summed E-state index contributed by atoms with van der Waals surface area (Å²) in [6.45, 7) is 9.06. The van der Waals surface area contributed by atoms with Crippen molar-refractivity contribution in [3.05, 3.63) is 59.4 Å². The highest BCUT2D eigenvalue weighted by Crippen LogP contribution is 2.22. The molecule has 1 atom stereocenters. The van der Waals surface area contributed by atoms with Gasteiger partial charge in [-0.1, -0.05) is 18.2 Å². The Hall–Kier alpha value is -2.82. The van der Waals surface area contributed by atoms with Crippen molar-refractivity contribution in [3.8, 4) is 5.75 Å². The number of amides is 1. The predicted molar refractivity (Wildman–Crippen MR) is 108 cm³/mol. The zero-order valence-electron chi connectivity index (χ0n) is 16.5. The van der Waals surface area contributed by atoms with Gasteiger partial charge in [0.25, 0.3) is 0 Å². The predicted octanol–water partition coefficient (Wildman–Crippen LogP) is 4.32. The minimum Gasteiger partial charge on any atom is -0.494 e. The van der Waals surface area contributed by atoms with Crippen molar-refractivity contribution in [1.82, 2.24) is 14.9 Å². The molecule has 3 rings (SSSR count). The van der Waals surface area contributed by atoms with E-state index in [1.807, 2.05) is 25.1 Å². The number of carbonyl (C=O) groups excluding carboxylic acids is 1. The molecule has 0 aliphatic carbocycles. The van der Waals surface area contributed by atoms with Gasteiger partial charge in [-0.05, 0) is 62.6 Å². The molecule has 1 unspecified atom stereocenters. The fourth-order valence-electron chi connectivity index (χ4n) is 3.46. The summed E-state index contributed by atoms with van der Waals surface area (Å²) in [5.74, 6) is 1.73. The van der Waals surface area contributed by atoms with Crippen LogP contribution in [0.15, 0.2) is 42.5 Å². The minimum atomic E-state index is -0.143. The molecule has 3 aromatic rings. The maximum atomic E-state index is 11.5. The first-order valence-corrected chi connectivity index (χ1v) is 9.37. The maximum Gasteiger partial charge on any atom is 0.217 e. The van der Waals surface area contributed by atoms with Gasteiger partial charge in [0.1, 0.15) is 11.6 Å². The number of fused-ring (bicyclic) bond motifs is 1. The highest BCUT2D eigenvalue weighted by Gasteiger charge is 2.17. The molecule has 2 aromatic carbocycles. The molecule has 0 aliphatic rings. The molecular formula is C22H27N3O2. The van der Waals surface area contributed by atoms with Crippen LogP contribution in [0.25, 0.3) is 11.0 Å². The van der Waals surface area contributed by atoms with E-state index in [0.29, 0.717) is 6.61 Å². The van der Waals surface area contributed by atoms with Crippen molar-refractivity contribution in [2.45, 2.75) is 46.7 Å². The van der Waals surface area contributed by atoms with Crippen LogP contribution in [0.2, 0.25) is 0 Å². The van der Waals surface area contributed by atoms with Crippen LogP contribution in [0.5, 0.6) is 5.75 Å². The largest absolute Gasteiger partial charge is 0.494 e. The summed E-state index contributed by atoms with van der Waals surface area (Å²) in [4.78, 5) is 16.2. The number of hydrogen-bond donors (Lipinski definition) is 1. The minimum absolute atomic E-state index is 0.0562. The van der Waals surface area contributed by atoms with E-state index in [1.54, 1.807) is 0 Å². The van der Waals surface area contributed by atoms with Gasteiger partial charge in [-0.15, -0.1) is 0 Å².